The molecule has 0 saturated heterocycles. The van der Waals surface area contributed by atoms with Crippen LogP contribution in [-0.4, -0.2) is 16.7 Å². The van der Waals surface area contributed by atoms with Crippen LogP contribution in [0.1, 0.15) is 60.5 Å². The van der Waals surface area contributed by atoms with Gasteiger partial charge in [-0.25, -0.2) is 4.99 Å². The summed E-state index contributed by atoms with van der Waals surface area (Å²) in [4.78, 5) is 19.8. The lowest BCUT2D eigenvalue weighted by Crippen LogP contribution is -2.27. The van der Waals surface area contributed by atoms with Crippen LogP contribution in [0.5, 0.6) is 0 Å². The van der Waals surface area contributed by atoms with Crippen molar-refractivity contribution in [2.75, 3.05) is 5.32 Å². The van der Waals surface area contributed by atoms with Gasteiger partial charge in [0.1, 0.15) is 5.00 Å². The van der Waals surface area contributed by atoms with Gasteiger partial charge in [-0.15, -0.1) is 11.3 Å². The van der Waals surface area contributed by atoms with Crippen LogP contribution in [0.3, 0.4) is 0 Å². The molecule has 1 N–H and O–H groups in total. The third-order valence-electron chi connectivity index (χ3n) is 7.28. The van der Waals surface area contributed by atoms with Crippen molar-refractivity contribution < 1.29 is 4.79 Å². The van der Waals surface area contributed by atoms with Crippen molar-refractivity contribution >= 4 is 56.7 Å². The number of nitrogens with one attached hydrogen (secondary N) is 1. The van der Waals surface area contributed by atoms with Crippen LogP contribution in [0.4, 0.5) is 10.7 Å². The Bertz CT molecular complexity index is 1440. The van der Waals surface area contributed by atoms with Gasteiger partial charge in [-0.1, -0.05) is 50.6 Å². The van der Waals surface area contributed by atoms with Crippen LogP contribution in [-0.2, 0) is 19.4 Å². The number of aryl methyl sites for hydroxylation is 1. The largest absolute Gasteiger partial charge is 0.347 e. The van der Waals surface area contributed by atoms with Gasteiger partial charge in [-0.3, -0.25) is 4.79 Å². The van der Waals surface area contributed by atoms with E-state index >= 15 is 0 Å². The molecule has 36 heavy (non-hydrogen) atoms. The third-order valence-corrected chi connectivity index (χ3v) is 8.70. The van der Waals surface area contributed by atoms with Crippen LogP contribution in [0.2, 0.25) is 5.02 Å². The predicted molar refractivity (Wildman–Crippen MR) is 154 cm³/mol. The maximum absolute atomic E-state index is 13.6. The Morgan fingerprint density at radius 3 is 2.67 bits per heavy atom. The molecule has 0 unspecified atom stereocenters. The number of thiophene rings is 1. The van der Waals surface area contributed by atoms with Gasteiger partial charge in [0.25, 0.3) is 5.91 Å². The molecule has 0 bridgehead atoms. The molecule has 1 amide bonds. The van der Waals surface area contributed by atoms with Crippen molar-refractivity contribution in [1.82, 2.24) is 4.57 Å². The second-order valence-corrected chi connectivity index (χ2v) is 12.1. The van der Waals surface area contributed by atoms with E-state index in [4.69, 9.17) is 16.6 Å². The number of carbonyl (C=O) groups is 1. The Balaban J connectivity index is 1.54. The van der Waals surface area contributed by atoms with Crippen LogP contribution in [0.15, 0.2) is 59.7 Å². The third kappa shape index (κ3) is 4.87. The number of hydrogen-bond donors (Lipinski definition) is 1. The number of halogens is 1. The van der Waals surface area contributed by atoms with E-state index in [0.717, 1.165) is 47.6 Å². The monoisotopic (exact) mass is 517 g/mol. The Kier molecular flexibility index (Phi) is 6.80. The first-order valence-electron chi connectivity index (χ1n) is 12.6. The first-order chi connectivity index (χ1) is 17.2. The molecule has 2 heterocycles. The van der Waals surface area contributed by atoms with Crippen molar-refractivity contribution in [2.24, 2.45) is 16.3 Å². The van der Waals surface area contributed by atoms with E-state index in [9.17, 15) is 4.79 Å². The number of aliphatic imine (C=N–C) groups is 1. The van der Waals surface area contributed by atoms with Crippen molar-refractivity contribution in [3.05, 3.63) is 81.3 Å². The number of fused-ring (bicyclic) bond motifs is 2. The molecule has 4 nitrogen and oxygen atoms in total. The summed E-state index contributed by atoms with van der Waals surface area (Å²) in [6.45, 7) is 9.98. The fraction of sp³-hybridized carbons (Fsp3) is 0.333. The lowest BCUT2D eigenvalue weighted by molar-refractivity contribution is 0.102. The number of para-hydroxylation sites is 1. The molecular weight excluding hydrogens is 486 g/mol. The van der Waals surface area contributed by atoms with Crippen LogP contribution in [0.25, 0.3) is 10.9 Å². The van der Waals surface area contributed by atoms with E-state index in [2.05, 4.69) is 68.0 Å². The zero-order valence-electron chi connectivity index (χ0n) is 21.3. The molecule has 186 valence electrons. The molecular formula is C30H32ClN3OS. The molecule has 0 aliphatic heterocycles. The lowest BCUT2D eigenvalue weighted by Gasteiger charge is -2.33. The number of anilines is 1. The molecule has 0 spiro atoms. The van der Waals surface area contributed by atoms with E-state index in [1.54, 1.807) is 23.5 Å². The molecule has 0 radical (unpaired) electrons. The van der Waals surface area contributed by atoms with Crippen LogP contribution >= 0.6 is 22.9 Å². The van der Waals surface area contributed by atoms with E-state index in [1.807, 2.05) is 18.3 Å². The summed E-state index contributed by atoms with van der Waals surface area (Å²) in [5.41, 5.74) is 5.10. The second kappa shape index (κ2) is 9.87. The topological polar surface area (TPSA) is 46.4 Å². The minimum atomic E-state index is -0.104. The van der Waals surface area contributed by atoms with E-state index in [0.29, 0.717) is 16.5 Å². The molecule has 1 atom stereocenters. The minimum absolute atomic E-state index is 0.104. The summed E-state index contributed by atoms with van der Waals surface area (Å²) >= 11 is 7.71. The SMILES string of the molecule is CCn1cc(C=Nc2sc3c(c2C(=O)Nc2ccc(Cl)cc2)CC[C@H](C(C)(C)C)C3)c2ccccc21. The van der Waals surface area contributed by atoms with E-state index in [1.165, 1.54) is 15.8 Å². The quantitative estimate of drug-likeness (QED) is 0.265. The van der Waals surface area contributed by atoms with Crippen molar-refractivity contribution in [3.63, 3.8) is 0 Å². The highest BCUT2D eigenvalue weighted by Crippen LogP contribution is 2.45. The number of aromatic nitrogens is 1. The summed E-state index contributed by atoms with van der Waals surface area (Å²) in [7, 11) is 0. The maximum atomic E-state index is 13.6. The zero-order valence-corrected chi connectivity index (χ0v) is 22.8. The maximum Gasteiger partial charge on any atom is 0.259 e. The van der Waals surface area contributed by atoms with Crippen molar-refractivity contribution in [3.8, 4) is 0 Å². The average Bonchev–Trinajstić information content (AvgIpc) is 3.41. The Labute approximate surface area is 222 Å². The van der Waals surface area contributed by atoms with Gasteiger partial charge in [0, 0.05) is 51.0 Å². The summed E-state index contributed by atoms with van der Waals surface area (Å²) < 4.78 is 2.23. The standard InChI is InChI=1S/C30H32ClN3OS/c1-5-34-18-19(23-8-6-7-9-25(23)34)17-32-29-27(28(35)33-22-13-11-21(31)12-14-22)24-15-10-20(30(2,3)4)16-26(24)36-29/h6-9,11-14,17-18,20H,5,10,15-16H2,1-4H3,(H,33,35)/t20-/m0/s1. The summed E-state index contributed by atoms with van der Waals surface area (Å²) in [5.74, 6) is 0.488. The molecule has 4 aromatic rings. The number of amides is 1. The van der Waals surface area contributed by atoms with Crippen molar-refractivity contribution in [1.29, 1.82) is 0 Å². The van der Waals surface area contributed by atoms with Crippen molar-refractivity contribution in [2.45, 2.75) is 53.5 Å². The first kappa shape index (κ1) is 24.8. The number of rotatable bonds is 5. The van der Waals surface area contributed by atoms with Gasteiger partial charge < -0.3 is 9.88 Å². The number of nitrogens with zero attached hydrogens (tertiary/aromatic N) is 2. The van der Waals surface area contributed by atoms with E-state index < -0.39 is 0 Å². The van der Waals surface area contributed by atoms with Gasteiger partial charge in [0.2, 0.25) is 0 Å². The van der Waals surface area contributed by atoms with Gasteiger partial charge in [0.15, 0.2) is 0 Å². The normalized spacial score (nSPS) is 16.0. The first-order valence-corrected chi connectivity index (χ1v) is 13.8. The summed E-state index contributed by atoms with van der Waals surface area (Å²) in [6.07, 6.45) is 7.05. The highest BCUT2D eigenvalue weighted by molar-refractivity contribution is 7.16. The molecule has 5 rings (SSSR count). The minimum Gasteiger partial charge on any atom is -0.347 e. The highest BCUT2D eigenvalue weighted by Gasteiger charge is 2.33. The number of benzene rings is 2. The Morgan fingerprint density at radius 2 is 1.94 bits per heavy atom. The second-order valence-electron chi connectivity index (χ2n) is 10.6. The summed E-state index contributed by atoms with van der Waals surface area (Å²) in [6, 6.07) is 15.6. The molecule has 1 aliphatic rings. The van der Waals surface area contributed by atoms with Gasteiger partial charge in [-0.2, -0.15) is 0 Å². The molecule has 1 aliphatic carbocycles. The smallest absolute Gasteiger partial charge is 0.259 e. The summed E-state index contributed by atoms with van der Waals surface area (Å²) in [5, 5.41) is 5.68. The van der Waals surface area contributed by atoms with Gasteiger partial charge >= 0.3 is 0 Å². The fourth-order valence-electron chi connectivity index (χ4n) is 5.13. The predicted octanol–water partition coefficient (Wildman–Crippen LogP) is 8.53. The van der Waals surface area contributed by atoms with Gasteiger partial charge in [-0.05, 0) is 73.4 Å². The molecule has 6 heteroatoms. The lowest BCUT2D eigenvalue weighted by atomic mass is 9.72. The van der Waals surface area contributed by atoms with Crippen LogP contribution < -0.4 is 5.32 Å². The Morgan fingerprint density at radius 1 is 1.19 bits per heavy atom. The number of carbonyl (C=O) groups excluding carboxylic acids is 1. The van der Waals surface area contributed by atoms with Gasteiger partial charge in [0.05, 0.1) is 5.56 Å². The number of hydrogen-bond acceptors (Lipinski definition) is 3. The molecule has 0 fully saturated rings. The highest BCUT2D eigenvalue weighted by atomic mass is 35.5. The molecule has 2 aromatic heterocycles. The molecule has 2 aromatic carbocycles. The fourth-order valence-corrected chi connectivity index (χ4v) is 6.53. The Hall–Kier alpha value is -2.89. The zero-order chi connectivity index (χ0) is 25.4. The molecule has 0 saturated carbocycles. The van der Waals surface area contributed by atoms with Crippen LogP contribution in [0, 0.1) is 11.3 Å². The van der Waals surface area contributed by atoms with E-state index in [-0.39, 0.29) is 11.3 Å². The average molecular weight is 518 g/mol.